The van der Waals surface area contributed by atoms with Crippen LogP contribution in [0.5, 0.6) is 5.75 Å². The average Bonchev–Trinajstić information content (AvgIpc) is 2.87. The molecule has 0 saturated carbocycles. The van der Waals surface area contributed by atoms with Crippen molar-refractivity contribution in [2.24, 2.45) is 0 Å². The molecule has 1 atom stereocenters. The lowest BCUT2D eigenvalue weighted by Crippen LogP contribution is -2.38. The SMILES string of the molecule is COc1cccc(CC(=O)N2CCCC2CO)c1. The maximum absolute atomic E-state index is 12.2. The number of ether oxygens (including phenoxy) is 1. The summed E-state index contributed by atoms with van der Waals surface area (Å²) < 4.78 is 5.14. The third-order valence-corrected chi connectivity index (χ3v) is 3.40. The van der Waals surface area contributed by atoms with Crippen molar-refractivity contribution in [1.29, 1.82) is 0 Å². The Balaban J connectivity index is 2.02. The van der Waals surface area contributed by atoms with Crippen LogP contribution in [-0.2, 0) is 11.2 Å². The normalized spacial score (nSPS) is 19.0. The molecule has 0 aliphatic carbocycles. The summed E-state index contributed by atoms with van der Waals surface area (Å²) in [4.78, 5) is 13.9. The molecule has 1 aliphatic heterocycles. The monoisotopic (exact) mass is 249 g/mol. The summed E-state index contributed by atoms with van der Waals surface area (Å²) in [5.41, 5.74) is 0.947. The van der Waals surface area contributed by atoms with Crippen molar-refractivity contribution >= 4 is 5.91 Å². The number of benzene rings is 1. The first-order valence-electron chi connectivity index (χ1n) is 6.28. The summed E-state index contributed by atoms with van der Waals surface area (Å²) in [7, 11) is 1.61. The molecule has 1 aromatic rings. The minimum absolute atomic E-state index is 0.00288. The van der Waals surface area contributed by atoms with Gasteiger partial charge in [0.1, 0.15) is 5.75 Å². The van der Waals surface area contributed by atoms with Crippen LogP contribution in [0.3, 0.4) is 0 Å². The van der Waals surface area contributed by atoms with Gasteiger partial charge in [0.15, 0.2) is 0 Å². The van der Waals surface area contributed by atoms with Gasteiger partial charge in [0.2, 0.25) is 5.91 Å². The first kappa shape index (κ1) is 12.9. The highest BCUT2D eigenvalue weighted by Crippen LogP contribution is 2.19. The van der Waals surface area contributed by atoms with Crippen molar-refractivity contribution in [3.05, 3.63) is 29.8 Å². The number of amides is 1. The van der Waals surface area contributed by atoms with Gasteiger partial charge in [-0.1, -0.05) is 12.1 Å². The van der Waals surface area contributed by atoms with Crippen molar-refractivity contribution in [2.75, 3.05) is 20.3 Å². The smallest absolute Gasteiger partial charge is 0.227 e. The molecular weight excluding hydrogens is 230 g/mol. The predicted molar refractivity (Wildman–Crippen MR) is 68.5 cm³/mol. The minimum Gasteiger partial charge on any atom is -0.497 e. The van der Waals surface area contributed by atoms with Crippen molar-refractivity contribution < 1.29 is 14.6 Å². The fourth-order valence-electron chi connectivity index (χ4n) is 2.41. The second-order valence-electron chi connectivity index (χ2n) is 4.59. The number of rotatable bonds is 4. The van der Waals surface area contributed by atoms with Crippen LogP contribution >= 0.6 is 0 Å². The molecule has 0 radical (unpaired) electrons. The van der Waals surface area contributed by atoms with Crippen molar-refractivity contribution in [3.8, 4) is 5.75 Å². The van der Waals surface area contributed by atoms with Crippen LogP contribution in [0.1, 0.15) is 18.4 Å². The van der Waals surface area contributed by atoms with E-state index in [0.29, 0.717) is 6.42 Å². The van der Waals surface area contributed by atoms with Crippen LogP contribution in [0.4, 0.5) is 0 Å². The summed E-state index contributed by atoms with van der Waals surface area (Å²) in [6.07, 6.45) is 2.25. The number of nitrogens with zero attached hydrogens (tertiary/aromatic N) is 1. The van der Waals surface area contributed by atoms with Crippen LogP contribution in [0, 0.1) is 0 Å². The highest BCUT2D eigenvalue weighted by Gasteiger charge is 2.27. The van der Waals surface area contributed by atoms with E-state index in [2.05, 4.69) is 0 Å². The number of methoxy groups -OCH3 is 1. The first-order chi connectivity index (χ1) is 8.74. The number of hydrogen-bond acceptors (Lipinski definition) is 3. The van der Waals surface area contributed by atoms with Gasteiger partial charge in [-0.05, 0) is 30.5 Å². The largest absolute Gasteiger partial charge is 0.497 e. The van der Waals surface area contributed by atoms with E-state index in [-0.39, 0.29) is 18.6 Å². The third kappa shape index (κ3) is 2.82. The van der Waals surface area contributed by atoms with E-state index in [1.807, 2.05) is 24.3 Å². The first-order valence-corrected chi connectivity index (χ1v) is 6.28. The van der Waals surface area contributed by atoms with E-state index in [0.717, 1.165) is 30.7 Å². The third-order valence-electron chi connectivity index (χ3n) is 3.40. The molecule has 4 heteroatoms. The number of carbonyl (C=O) groups excluding carboxylic acids is 1. The molecule has 1 heterocycles. The zero-order chi connectivity index (χ0) is 13.0. The van der Waals surface area contributed by atoms with Gasteiger partial charge in [0, 0.05) is 6.54 Å². The molecular formula is C14H19NO3. The summed E-state index contributed by atoms with van der Waals surface area (Å²) in [6, 6.07) is 7.55. The number of likely N-dealkylation sites (tertiary alicyclic amines) is 1. The Bertz CT molecular complexity index is 419. The van der Waals surface area contributed by atoms with Crippen LogP contribution in [0.25, 0.3) is 0 Å². The van der Waals surface area contributed by atoms with Crippen LogP contribution in [0.2, 0.25) is 0 Å². The molecule has 0 bridgehead atoms. The molecule has 2 rings (SSSR count). The molecule has 0 spiro atoms. The predicted octanol–water partition coefficient (Wildman–Crippen LogP) is 1.22. The Morgan fingerprint density at radius 1 is 1.56 bits per heavy atom. The van der Waals surface area contributed by atoms with Crippen molar-refractivity contribution in [3.63, 3.8) is 0 Å². The lowest BCUT2D eigenvalue weighted by molar-refractivity contribution is -0.131. The van der Waals surface area contributed by atoms with E-state index in [4.69, 9.17) is 4.74 Å². The Morgan fingerprint density at radius 2 is 2.39 bits per heavy atom. The molecule has 1 saturated heterocycles. The summed E-state index contributed by atoms with van der Waals surface area (Å²) in [5, 5.41) is 9.22. The molecule has 0 aromatic heterocycles. The zero-order valence-corrected chi connectivity index (χ0v) is 10.6. The fourth-order valence-corrected chi connectivity index (χ4v) is 2.41. The lowest BCUT2D eigenvalue weighted by Gasteiger charge is -2.23. The Kier molecular flexibility index (Phi) is 4.20. The van der Waals surface area contributed by atoms with Gasteiger partial charge < -0.3 is 14.7 Å². The van der Waals surface area contributed by atoms with Crippen LogP contribution in [-0.4, -0.2) is 42.2 Å². The Morgan fingerprint density at radius 3 is 3.11 bits per heavy atom. The molecule has 1 aromatic carbocycles. The summed E-state index contributed by atoms with van der Waals surface area (Å²) >= 11 is 0. The Hall–Kier alpha value is -1.55. The Labute approximate surface area is 107 Å². The van der Waals surface area contributed by atoms with E-state index >= 15 is 0 Å². The highest BCUT2D eigenvalue weighted by molar-refractivity contribution is 5.79. The molecule has 18 heavy (non-hydrogen) atoms. The number of aliphatic hydroxyl groups excluding tert-OH is 1. The van der Waals surface area contributed by atoms with Crippen molar-refractivity contribution in [1.82, 2.24) is 4.90 Å². The summed E-state index contributed by atoms with van der Waals surface area (Å²) in [6.45, 7) is 0.817. The molecule has 1 amide bonds. The standard InChI is InChI=1S/C14H19NO3/c1-18-13-6-2-4-11(8-13)9-14(17)15-7-3-5-12(15)10-16/h2,4,6,8,12,16H,3,5,7,9-10H2,1H3. The van der Waals surface area contributed by atoms with Gasteiger partial charge in [0.25, 0.3) is 0 Å². The van der Waals surface area contributed by atoms with Gasteiger partial charge in [-0.25, -0.2) is 0 Å². The van der Waals surface area contributed by atoms with Crippen molar-refractivity contribution in [2.45, 2.75) is 25.3 Å². The van der Waals surface area contributed by atoms with Gasteiger partial charge in [-0.3, -0.25) is 4.79 Å². The zero-order valence-electron chi connectivity index (χ0n) is 10.6. The van der Waals surface area contributed by atoms with Gasteiger partial charge in [-0.2, -0.15) is 0 Å². The molecule has 1 N–H and O–H groups in total. The van der Waals surface area contributed by atoms with Gasteiger partial charge >= 0.3 is 0 Å². The number of aliphatic hydroxyl groups is 1. The maximum Gasteiger partial charge on any atom is 0.227 e. The average molecular weight is 249 g/mol. The van der Waals surface area contributed by atoms with E-state index in [1.54, 1.807) is 12.0 Å². The van der Waals surface area contributed by atoms with E-state index in [9.17, 15) is 9.90 Å². The van der Waals surface area contributed by atoms with Gasteiger partial charge in [0.05, 0.1) is 26.2 Å². The fraction of sp³-hybridized carbons (Fsp3) is 0.500. The molecule has 4 nitrogen and oxygen atoms in total. The highest BCUT2D eigenvalue weighted by atomic mass is 16.5. The van der Waals surface area contributed by atoms with Crippen LogP contribution < -0.4 is 4.74 Å². The second-order valence-corrected chi connectivity index (χ2v) is 4.59. The van der Waals surface area contributed by atoms with Crippen LogP contribution in [0.15, 0.2) is 24.3 Å². The molecule has 1 aliphatic rings. The number of hydrogen-bond donors (Lipinski definition) is 1. The lowest BCUT2D eigenvalue weighted by atomic mass is 10.1. The number of carbonyl (C=O) groups is 1. The maximum atomic E-state index is 12.2. The van der Waals surface area contributed by atoms with E-state index in [1.165, 1.54) is 0 Å². The summed E-state index contributed by atoms with van der Waals surface area (Å²) in [5.74, 6) is 0.847. The van der Waals surface area contributed by atoms with Gasteiger partial charge in [-0.15, -0.1) is 0 Å². The topological polar surface area (TPSA) is 49.8 Å². The molecule has 1 unspecified atom stereocenters. The van der Waals surface area contributed by atoms with E-state index < -0.39 is 0 Å². The molecule has 1 fully saturated rings. The second kappa shape index (κ2) is 5.87. The quantitative estimate of drug-likeness (QED) is 0.873. The minimum atomic E-state index is 0.00288. The molecule has 98 valence electrons.